The number of hydrogen-bond acceptors (Lipinski definition) is 6. The summed E-state index contributed by atoms with van der Waals surface area (Å²) in [7, 11) is 1.68. The third-order valence-electron chi connectivity index (χ3n) is 2.33. The van der Waals surface area contributed by atoms with Crippen LogP contribution in [0, 0.1) is 10.1 Å². The molecule has 1 aromatic carbocycles. The largest absolute Gasteiger partial charge is 0.416 e. The first-order valence-electron chi connectivity index (χ1n) is 5.66. The van der Waals surface area contributed by atoms with Gasteiger partial charge in [0.05, 0.1) is 4.92 Å². The minimum atomic E-state index is -0.490. The number of hydrogen-bond donors (Lipinski definition) is 1. The molecule has 0 aliphatic rings. The Hall–Kier alpha value is -2.64. The molecule has 0 amide bonds. The summed E-state index contributed by atoms with van der Waals surface area (Å²) in [5.41, 5.74) is 0.276. The Bertz CT molecular complexity index is 596. The molecule has 2 aromatic rings. The zero-order valence-electron chi connectivity index (χ0n) is 10.5. The minimum Gasteiger partial charge on any atom is -0.416 e. The van der Waals surface area contributed by atoms with Crippen LogP contribution >= 0.6 is 0 Å². The van der Waals surface area contributed by atoms with E-state index in [0.29, 0.717) is 12.2 Å². The Kier molecular flexibility index (Phi) is 3.60. The van der Waals surface area contributed by atoms with Gasteiger partial charge in [-0.15, -0.1) is 5.10 Å². The molecule has 1 heterocycles. The van der Waals surface area contributed by atoms with Gasteiger partial charge in [0.25, 0.3) is 0 Å². The van der Waals surface area contributed by atoms with Gasteiger partial charge in [-0.25, -0.2) is 0 Å². The zero-order valence-corrected chi connectivity index (χ0v) is 10.5. The third-order valence-corrected chi connectivity index (χ3v) is 2.33. The van der Waals surface area contributed by atoms with Crippen molar-refractivity contribution < 1.29 is 9.66 Å². The Morgan fingerprint density at radius 1 is 1.53 bits per heavy atom. The molecule has 0 saturated heterocycles. The van der Waals surface area contributed by atoms with Gasteiger partial charge < -0.3 is 10.1 Å². The molecule has 0 radical (unpaired) electrons. The number of para-hydroxylation sites is 1. The smallest absolute Gasteiger partial charge is 0.341 e. The number of nitro benzene ring substituents is 1. The molecule has 100 valence electrons. The van der Waals surface area contributed by atoms with Crippen LogP contribution in [-0.2, 0) is 7.05 Å². The van der Waals surface area contributed by atoms with Crippen molar-refractivity contribution in [3.8, 4) is 11.8 Å². The number of anilines is 1. The highest BCUT2D eigenvalue weighted by molar-refractivity contribution is 5.68. The molecular weight excluding hydrogens is 250 g/mol. The normalized spacial score (nSPS) is 10.2. The predicted molar refractivity (Wildman–Crippen MR) is 68.3 cm³/mol. The Balaban J connectivity index is 2.38. The number of aryl methyl sites for hydroxylation is 1. The van der Waals surface area contributed by atoms with Crippen LogP contribution in [0.5, 0.6) is 11.8 Å². The van der Waals surface area contributed by atoms with E-state index in [1.807, 2.05) is 6.92 Å². The van der Waals surface area contributed by atoms with Crippen molar-refractivity contribution in [2.24, 2.45) is 7.05 Å². The average molecular weight is 263 g/mol. The Morgan fingerprint density at radius 2 is 2.32 bits per heavy atom. The lowest BCUT2D eigenvalue weighted by molar-refractivity contribution is -0.384. The Morgan fingerprint density at radius 3 is 2.89 bits per heavy atom. The fourth-order valence-corrected chi connectivity index (χ4v) is 1.59. The van der Waals surface area contributed by atoms with Gasteiger partial charge >= 0.3 is 11.7 Å². The molecule has 2 rings (SSSR count). The van der Waals surface area contributed by atoms with E-state index in [9.17, 15) is 10.1 Å². The Labute approximate surface area is 109 Å². The summed E-state index contributed by atoms with van der Waals surface area (Å²) in [6.45, 7) is 2.43. The standard InChI is InChI=1S/C11H13N5O3/c1-3-12-8-5-4-6-9(10(8)16(17)18)19-11-13-7-15(2)14-11/h4-7,12H,3H2,1-2H3. The highest BCUT2D eigenvalue weighted by Gasteiger charge is 2.22. The average Bonchev–Trinajstić information content (AvgIpc) is 2.75. The summed E-state index contributed by atoms with van der Waals surface area (Å²) in [6, 6.07) is 4.87. The number of rotatable bonds is 5. The third kappa shape index (κ3) is 2.79. The topological polar surface area (TPSA) is 95.1 Å². The van der Waals surface area contributed by atoms with Crippen LogP contribution in [0.4, 0.5) is 11.4 Å². The van der Waals surface area contributed by atoms with Crippen molar-refractivity contribution in [3.63, 3.8) is 0 Å². The van der Waals surface area contributed by atoms with Crippen molar-refractivity contribution in [2.45, 2.75) is 6.92 Å². The van der Waals surface area contributed by atoms with E-state index in [1.54, 1.807) is 19.2 Å². The number of nitrogens with zero attached hydrogens (tertiary/aromatic N) is 4. The van der Waals surface area contributed by atoms with Gasteiger partial charge in [0.15, 0.2) is 0 Å². The summed E-state index contributed by atoms with van der Waals surface area (Å²) in [4.78, 5) is 14.5. The molecule has 0 atom stereocenters. The van der Waals surface area contributed by atoms with Crippen LogP contribution in [-0.4, -0.2) is 26.2 Å². The van der Waals surface area contributed by atoms with E-state index in [2.05, 4.69) is 15.4 Å². The van der Waals surface area contributed by atoms with Crippen LogP contribution in [0.1, 0.15) is 6.92 Å². The monoisotopic (exact) mass is 263 g/mol. The predicted octanol–water partition coefficient (Wildman–Crippen LogP) is 1.95. The van der Waals surface area contributed by atoms with Crippen molar-refractivity contribution in [1.82, 2.24) is 14.8 Å². The molecule has 0 saturated carbocycles. The van der Waals surface area contributed by atoms with Gasteiger partial charge in [0.2, 0.25) is 5.75 Å². The second-order valence-corrected chi connectivity index (χ2v) is 3.74. The zero-order chi connectivity index (χ0) is 13.8. The quantitative estimate of drug-likeness (QED) is 0.654. The fraction of sp³-hybridized carbons (Fsp3) is 0.273. The van der Waals surface area contributed by atoms with E-state index < -0.39 is 4.92 Å². The second kappa shape index (κ2) is 5.34. The molecule has 0 aliphatic heterocycles. The van der Waals surface area contributed by atoms with Crippen LogP contribution < -0.4 is 10.1 Å². The van der Waals surface area contributed by atoms with E-state index in [1.165, 1.54) is 17.1 Å². The first kappa shape index (κ1) is 12.8. The molecular formula is C11H13N5O3. The van der Waals surface area contributed by atoms with Gasteiger partial charge in [-0.2, -0.15) is 4.98 Å². The van der Waals surface area contributed by atoms with Crippen molar-refractivity contribution in [2.75, 3.05) is 11.9 Å². The maximum atomic E-state index is 11.2. The van der Waals surface area contributed by atoms with Crippen LogP contribution in [0.2, 0.25) is 0 Å². The maximum absolute atomic E-state index is 11.2. The summed E-state index contributed by atoms with van der Waals surface area (Å²) in [5.74, 6) is 0.106. The molecule has 0 spiro atoms. The molecule has 19 heavy (non-hydrogen) atoms. The van der Waals surface area contributed by atoms with E-state index in [-0.39, 0.29) is 17.4 Å². The van der Waals surface area contributed by atoms with Crippen molar-refractivity contribution in [1.29, 1.82) is 0 Å². The van der Waals surface area contributed by atoms with E-state index in [4.69, 9.17) is 4.74 Å². The van der Waals surface area contributed by atoms with Gasteiger partial charge in [-0.05, 0) is 19.1 Å². The SMILES string of the molecule is CCNc1cccc(Oc2ncn(C)n2)c1[N+](=O)[O-]. The van der Waals surface area contributed by atoms with Crippen LogP contribution in [0.25, 0.3) is 0 Å². The summed E-state index contributed by atoms with van der Waals surface area (Å²) in [6.07, 6.45) is 1.45. The van der Waals surface area contributed by atoms with Crippen LogP contribution in [0.15, 0.2) is 24.5 Å². The summed E-state index contributed by atoms with van der Waals surface area (Å²) < 4.78 is 6.81. The lowest BCUT2D eigenvalue weighted by atomic mass is 10.2. The lowest BCUT2D eigenvalue weighted by Crippen LogP contribution is -2.03. The molecule has 8 nitrogen and oxygen atoms in total. The first-order valence-corrected chi connectivity index (χ1v) is 5.66. The van der Waals surface area contributed by atoms with E-state index >= 15 is 0 Å². The number of aromatic nitrogens is 3. The summed E-state index contributed by atoms with van der Waals surface area (Å²) >= 11 is 0. The lowest BCUT2D eigenvalue weighted by Gasteiger charge is -2.07. The number of nitro groups is 1. The van der Waals surface area contributed by atoms with Gasteiger partial charge in [-0.3, -0.25) is 14.8 Å². The molecule has 8 heteroatoms. The first-order chi connectivity index (χ1) is 9.11. The molecule has 1 N–H and O–H groups in total. The maximum Gasteiger partial charge on any atom is 0.341 e. The molecule has 0 bridgehead atoms. The van der Waals surface area contributed by atoms with Crippen molar-refractivity contribution >= 4 is 11.4 Å². The second-order valence-electron chi connectivity index (χ2n) is 3.74. The summed E-state index contributed by atoms with van der Waals surface area (Å²) in [5, 5.41) is 18.0. The molecule has 1 aromatic heterocycles. The van der Waals surface area contributed by atoms with Crippen LogP contribution in [0.3, 0.4) is 0 Å². The van der Waals surface area contributed by atoms with E-state index in [0.717, 1.165) is 0 Å². The van der Waals surface area contributed by atoms with Gasteiger partial charge in [0.1, 0.15) is 12.0 Å². The minimum absolute atomic E-state index is 0.0687. The highest BCUT2D eigenvalue weighted by atomic mass is 16.6. The fourth-order valence-electron chi connectivity index (χ4n) is 1.59. The molecule has 0 fully saturated rings. The molecule has 0 aliphatic carbocycles. The number of nitrogens with one attached hydrogen (secondary N) is 1. The highest BCUT2D eigenvalue weighted by Crippen LogP contribution is 2.36. The van der Waals surface area contributed by atoms with Gasteiger partial charge in [0, 0.05) is 13.6 Å². The molecule has 0 unspecified atom stereocenters. The van der Waals surface area contributed by atoms with Gasteiger partial charge in [-0.1, -0.05) is 6.07 Å². The van der Waals surface area contributed by atoms with Crippen molar-refractivity contribution in [3.05, 3.63) is 34.6 Å². The number of benzene rings is 1. The number of ether oxygens (including phenoxy) is 1.